The van der Waals surface area contributed by atoms with Crippen molar-refractivity contribution in [2.24, 2.45) is 0 Å². The lowest BCUT2D eigenvalue weighted by Gasteiger charge is -2.16. The van der Waals surface area contributed by atoms with Gasteiger partial charge in [0.25, 0.3) is 0 Å². The van der Waals surface area contributed by atoms with Crippen LogP contribution < -0.4 is 0 Å². The Morgan fingerprint density at radius 1 is 0.276 bits per heavy atom. The maximum Gasteiger partial charge on any atom is 0.168 e. The predicted octanol–water partition coefficient (Wildman–Crippen LogP) is 13.9. The zero-order chi connectivity index (χ0) is 38.4. The van der Waals surface area contributed by atoms with Crippen molar-refractivity contribution in [2.45, 2.75) is 0 Å². The minimum absolute atomic E-state index is 0.795. The van der Waals surface area contributed by atoms with E-state index in [0.717, 1.165) is 39.7 Å². The van der Waals surface area contributed by atoms with Gasteiger partial charge in [0.05, 0.1) is 11.0 Å². The fraction of sp³-hybridized carbons (Fsp3) is 0. The minimum atomic E-state index is 0.795. The van der Waals surface area contributed by atoms with E-state index >= 15 is 0 Å². The molecule has 11 rings (SSSR count). The van der Waals surface area contributed by atoms with Crippen LogP contribution in [0.4, 0.5) is 0 Å². The largest absolute Gasteiger partial charge is 0.309 e. The molecule has 0 spiro atoms. The summed E-state index contributed by atoms with van der Waals surface area (Å²) in [6, 6.07) is 77.8. The molecule has 272 valence electrons. The molecule has 0 aliphatic carbocycles. The molecule has 0 radical (unpaired) electrons. The molecule has 0 saturated heterocycles. The van der Waals surface area contributed by atoms with Gasteiger partial charge >= 0.3 is 0 Å². The molecule has 0 unspecified atom stereocenters. The van der Waals surface area contributed by atoms with Crippen LogP contribution in [0.15, 0.2) is 218 Å². The molecule has 0 saturated carbocycles. The molecule has 0 bridgehead atoms. The summed E-state index contributed by atoms with van der Waals surface area (Å²) in [6.07, 6.45) is 0. The van der Waals surface area contributed by atoms with Crippen molar-refractivity contribution >= 4 is 32.6 Å². The Kier molecular flexibility index (Phi) is 8.11. The smallest absolute Gasteiger partial charge is 0.168 e. The number of rotatable bonds is 7. The summed E-state index contributed by atoms with van der Waals surface area (Å²) in [5.74, 6) is 1.60. The van der Waals surface area contributed by atoms with E-state index < -0.39 is 0 Å². The van der Waals surface area contributed by atoms with Gasteiger partial charge in [-0.05, 0) is 80.6 Å². The topological polar surface area (TPSA) is 35.6 Å². The van der Waals surface area contributed by atoms with E-state index in [2.05, 4.69) is 209 Å². The molecule has 0 aliphatic heterocycles. The lowest BCUT2D eigenvalue weighted by atomic mass is 9.89. The van der Waals surface area contributed by atoms with Crippen LogP contribution in [0.25, 0.3) is 100 Å². The molecule has 2 heterocycles. The summed E-state index contributed by atoms with van der Waals surface area (Å²) in [7, 11) is 0. The molecule has 0 aliphatic rings. The second kappa shape index (κ2) is 14.0. The number of para-hydroxylation sites is 2. The van der Waals surface area contributed by atoms with Gasteiger partial charge in [0, 0.05) is 33.3 Å². The SMILES string of the molecule is c1ccc(-c2nnc(-c3ccc(-c4ccccc4-c4ccccc4-c4ccc(-n5c6ccccc6c6ccccc65)cc4)cc3)n2-c2ccc3ccccc3c2)cc1. The van der Waals surface area contributed by atoms with Crippen LogP contribution in [0.3, 0.4) is 0 Å². The van der Waals surface area contributed by atoms with Crippen molar-refractivity contribution < 1.29 is 0 Å². The van der Waals surface area contributed by atoms with Crippen LogP contribution in [-0.4, -0.2) is 19.3 Å². The van der Waals surface area contributed by atoms with Crippen molar-refractivity contribution in [2.75, 3.05) is 0 Å². The molecule has 0 amide bonds. The number of hydrogen-bond donors (Lipinski definition) is 0. The van der Waals surface area contributed by atoms with E-state index in [0.29, 0.717) is 0 Å². The summed E-state index contributed by atoms with van der Waals surface area (Å²) in [5, 5.41) is 14.4. The summed E-state index contributed by atoms with van der Waals surface area (Å²) in [4.78, 5) is 0. The van der Waals surface area contributed by atoms with Gasteiger partial charge in [-0.2, -0.15) is 0 Å². The van der Waals surface area contributed by atoms with Crippen LogP contribution in [0.2, 0.25) is 0 Å². The Morgan fingerprint density at radius 3 is 1.31 bits per heavy atom. The second-order valence-corrected chi connectivity index (χ2v) is 14.7. The van der Waals surface area contributed by atoms with E-state index in [1.165, 1.54) is 60.4 Å². The maximum absolute atomic E-state index is 4.80. The van der Waals surface area contributed by atoms with Gasteiger partial charge in [-0.3, -0.25) is 4.57 Å². The van der Waals surface area contributed by atoms with Gasteiger partial charge in [-0.25, -0.2) is 0 Å². The quantitative estimate of drug-likeness (QED) is 0.163. The van der Waals surface area contributed by atoms with Gasteiger partial charge in [-0.15, -0.1) is 10.2 Å². The lowest BCUT2D eigenvalue weighted by Crippen LogP contribution is -2.00. The molecular weight excluding hydrogens is 705 g/mol. The average molecular weight is 741 g/mol. The Morgan fingerprint density at radius 2 is 0.707 bits per heavy atom. The number of benzene rings is 9. The van der Waals surface area contributed by atoms with Crippen LogP contribution in [0.1, 0.15) is 0 Å². The Labute approximate surface area is 336 Å². The normalized spacial score (nSPS) is 11.4. The first-order valence-corrected chi connectivity index (χ1v) is 19.7. The first-order chi connectivity index (χ1) is 28.8. The van der Waals surface area contributed by atoms with Crippen LogP contribution in [-0.2, 0) is 0 Å². The molecule has 0 N–H and O–H groups in total. The highest BCUT2D eigenvalue weighted by Gasteiger charge is 2.19. The molecule has 58 heavy (non-hydrogen) atoms. The monoisotopic (exact) mass is 740 g/mol. The number of aromatic nitrogens is 4. The van der Waals surface area contributed by atoms with Gasteiger partial charge in [-0.1, -0.05) is 182 Å². The van der Waals surface area contributed by atoms with Crippen LogP contribution in [0.5, 0.6) is 0 Å². The number of nitrogens with zero attached hydrogens (tertiary/aromatic N) is 4. The first-order valence-electron chi connectivity index (χ1n) is 19.7. The zero-order valence-electron chi connectivity index (χ0n) is 31.6. The van der Waals surface area contributed by atoms with Gasteiger partial charge < -0.3 is 4.57 Å². The van der Waals surface area contributed by atoms with E-state index in [-0.39, 0.29) is 0 Å². The van der Waals surface area contributed by atoms with Crippen molar-refractivity contribution in [3.05, 3.63) is 218 Å². The van der Waals surface area contributed by atoms with Crippen LogP contribution >= 0.6 is 0 Å². The van der Waals surface area contributed by atoms with E-state index in [1.54, 1.807) is 0 Å². The van der Waals surface area contributed by atoms with E-state index in [4.69, 9.17) is 10.2 Å². The van der Waals surface area contributed by atoms with Crippen molar-refractivity contribution in [3.8, 4) is 67.5 Å². The highest BCUT2D eigenvalue weighted by Crippen LogP contribution is 2.40. The highest BCUT2D eigenvalue weighted by molar-refractivity contribution is 6.09. The minimum Gasteiger partial charge on any atom is -0.309 e. The number of hydrogen-bond acceptors (Lipinski definition) is 2. The van der Waals surface area contributed by atoms with Crippen molar-refractivity contribution in [1.82, 2.24) is 19.3 Å². The molecule has 0 atom stereocenters. The van der Waals surface area contributed by atoms with Crippen LogP contribution in [0, 0.1) is 0 Å². The van der Waals surface area contributed by atoms with Gasteiger partial charge in [0.15, 0.2) is 11.6 Å². The molecular formula is C54H36N4. The molecule has 9 aromatic carbocycles. The fourth-order valence-electron chi connectivity index (χ4n) is 8.53. The summed E-state index contributed by atoms with van der Waals surface area (Å²) in [5.41, 5.74) is 13.6. The van der Waals surface area contributed by atoms with E-state index in [1.807, 2.05) is 18.2 Å². The van der Waals surface area contributed by atoms with Crippen molar-refractivity contribution in [1.29, 1.82) is 0 Å². The third kappa shape index (κ3) is 5.70. The zero-order valence-corrected chi connectivity index (χ0v) is 31.6. The molecule has 2 aromatic heterocycles. The second-order valence-electron chi connectivity index (χ2n) is 14.7. The maximum atomic E-state index is 4.80. The molecule has 4 heteroatoms. The van der Waals surface area contributed by atoms with E-state index in [9.17, 15) is 0 Å². The lowest BCUT2D eigenvalue weighted by molar-refractivity contribution is 1.08. The predicted molar refractivity (Wildman–Crippen MR) is 240 cm³/mol. The van der Waals surface area contributed by atoms with Gasteiger partial charge in [0.2, 0.25) is 0 Å². The fourth-order valence-corrected chi connectivity index (χ4v) is 8.53. The number of fused-ring (bicyclic) bond motifs is 4. The third-order valence-corrected chi connectivity index (χ3v) is 11.3. The van der Waals surface area contributed by atoms with Gasteiger partial charge in [0.1, 0.15) is 0 Å². The van der Waals surface area contributed by atoms with Crippen molar-refractivity contribution in [3.63, 3.8) is 0 Å². The summed E-state index contributed by atoms with van der Waals surface area (Å²) < 4.78 is 4.54. The summed E-state index contributed by atoms with van der Waals surface area (Å²) in [6.45, 7) is 0. The molecule has 11 aromatic rings. The Bertz CT molecular complexity index is 3210. The standard InChI is InChI=1S/C54H36N4/c1-2-15-40(16-3-1)53-55-56-54(58(53)44-35-30-37-14-4-5-17-42(37)36-44)41-28-26-38(27-29-41)45-18-6-8-20-47(45)48-21-9-7-19-46(48)39-31-33-43(34-32-39)57-51-24-12-10-22-49(51)50-23-11-13-25-52(50)57/h1-36H. The third-order valence-electron chi connectivity index (χ3n) is 11.3. The Hall–Kier alpha value is -7.82. The average Bonchev–Trinajstić information content (AvgIpc) is 3.90. The molecule has 4 nitrogen and oxygen atoms in total. The highest BCUT2D eigenvalue weighted by atomic mass is 15.3. The molecule has 0 fully saturated rings. The summed E-state index contributed by atoms with van der Waals surface area (Å²) >= 11 is 0. The first kappa shape index (κ1) is 33.5. The Balaban J connectivity index is 0.964.